The summed E-state index contributed by atoms with van der Waals surface area (Å²) in [6, 6.07) is 0. The van der Waals surface area contributed by atoms with Crippen molar-refractivity contribution in [2.45, 2.75) is 23.8 Å². The van der Waals surface area contributed by atoms with Crippen LogP contribution in [0.4, 0.5) is 0 Å². The molecule has 0 rings (SSSR count). The summed E-state index contributed by atoms with van der Waals surface area (Å²) in [7, 11) is 2.08. The third kappa shape index (κ3) is 4.32. The number of carbonyl (C=O) groups is 1. The van der Waals surface area contributed by atoms with Crippen molar-refractivity contribution in [3.63, 3.8) is 0 Å². The fraction of sp³-hybridized carbons (Fsp3) is 0.625. The summed E-state index contributed by atoms with van der Waals surface area (Å²) >= 11 is -1.18. The summed E-state index contributed by atoms with van der Waals surface area (Å²) in [5.41, 5.74) is 0. The second kappa shape index (κ2) is 6.55. The van der Waals surface area contributed by atoms with Crippen molar-refractivity contribution in [2.75, 3.05) is 7.05 Å². The van der Waals surface area contributed by atoms with Crippen LogP contribution in [0.3, 0.4) is 0 Å². The average molecular weight is 212 g/mol. The Bertz CT molecular complexity index is 132. The summed E-state index contributed by atoms with van der Waals surface area (Å²) in [5.74, 6) is 0. The quantitative estimate of drug-likeness (QED) is 0.392. The fourth-order valence-corrected chi connectivity index (χ4v) is 5.50. The summed E-state index contributed by atoms with van der Waals surface area (Å²) in [4.78, 5) is 12.6. The van der Waals surface area contributed by atoms with Crippen LogP contribution in [0.25, 0.3) is 0 Å². The normalized spacial score (nSPS) is 10.1. The van der Waals surface area contributed by atoms with Crippen LogP contribution in [-0.2, 0) is 4.79 Å². The number of aldehydes is 1. The first-order chi connectivity index (χ1) is 5.26. The molecular formula is C8H16GaNO. The van der Waals surface area contributed by atoms with Crippen LogP contribution < -0.4 is 0 Å². The number of allylic oxidation sites excluding steroid dienone is 1. The van der Waals surface area contributed by atoms with Gasteiger partial charge in [-0.15, -0.1) is 0 Å². The van der Waals surface area contributed by atoms with Gasteiger partial charge in [-0.3, -0.25) is 0 Å². The second-order valence-corrected chi connectivity index (χ2v) is 10.5. The van der Waals surface area contributed by atoms with E-state index in [0.717, 1.165) is 6.29 Å². The molecule has 0 saturated heterocycles. The maximum absolute atomic E-state index is 10.0. The average Bonchev–Trinajstić information content (AvgIpc) is 2.03. The molecule has 0 atom stereocenters. The summed E-state index contributed by atoms with van der Waals surface area (Å²) in [6.07, 6.45) is 4.31. The Morgan fingerprint density at radius 1 is 1.36 bits per heavy atom. The first-order valence-corrected chi connectivity index (χ1v) is 8.61. The molecule has 0 radical (unpaired) electrons. The van der Waals surface area contributed by atoms with E-state index in [1.807, 2.05) is 6.20 Å². The first-order valence-electron chi connectivity index (χ1n) is 4.10. The predicted molar refractivity (Wildman–Crippen MR) is 49.7 cm³/mol. The van der Waals surface area contributed by atoms with E-state index in [1.165, 1.54) is 9.95 Å². The molecule has 0 bridgehead atoms. The standard InChI is InChI=1S/C4H7NO.2C2H5.Ga/c1-5-3-2-4-6;2*1-2;/h2-4H,1H3,(H,5,6);2*1H2,2H3;/q;;;+1/p-1. The molecule has 0 N–H and O–H groups in total. The van der Waals surface area contributed by atoms with E-state index in [1.54, 1.807) is 6.08 Å². The molecule has 0 fully saturated rings. The van der Waals surface area contributed by atoms with Gasteiger partial charge in [-0.05, 0) is 0 Å². The molecule has 0 aliphatic carbocycles. The zero-order valence-electron chi connectivity index (χ0n) is 7.58. The molecule has 0 saturated carbocycles. The molecule has 0 heterocycles. The van der Waals surface area contributed by atoms with E-state index in [-0.39, 0.29) is 0 Å². The molecule has 11 heavy (non-hydrogen) atoms. The van der Waals surface area contributed by atoms with Crippen molar-refractivity contribution in [3.8, 4) is 0 Å². The molecule has 0 aromatic heterocycles. The first kappa shape index (κ1) is 10.8. The molecular weight excluding hydrogens is 196 g/mol. The van der Waals surface area contributed by atoms with Gasteiger partial charge in [0.1, 0.15) is 0 Å². The zero-order chi connectivity index (χ0) is 8.69. The number of carbonyl (C=O) groups excluding carboxylic acids is 1. The minimum absolute atomic E-state index is 0.834. The van der Waals surface area contributed by atoms with Crippen molar-refractivity contribution in [3.05, 3.63) is 12.3 Å². The van der Waals surface area contributed by atoms with Gasteiger partial charge in [-0.2, -0.15) is 0 Å². The summed E-state index contributed by atoms with van der Waals surface area (Å²) in [6.45, 7) is 4.47. The number of hydrogen-bond acceptors (Lipinski definition) is 2. The summed E-state index contributed by atoms with van der Waals surface area (Å²) in [5, 5.41) is 0. The van der Waals surface area contributed by atoms with Crippen LogP contribution >= 0.6 is 0 Å². The topological polar surface area (TPSA) is 20.3 Å². The Labute approximate surface area is 74.6 Å². The van der Waals surface area contributed by atoms with Gasteiger partial charge < -0.3 is 0 Å². The molecule has 62 valence electrons. The molecule has 0 aliphatic rings. The molecule has 0 spiro atoms. The van der Waals surface area contributed by atoms with Crippen molar-refractivity contribution in [2.24, 2.45) is 0 Å². The van der Waals surface area contributed by atoms with Crippen molar-refractivity contribution in [1.29, 1.82) is 0 Å². The van der Waals surface area contributed by atoms with Crippen molar-refractivity contribution in [1.82, 2.24) is 3.61 Å². The minimum atomic E-state index is -1.18. The van der Waals surface area contributed by atoms with Gasteiger partial charge in [0.25, 0.3) is 0 Å². The van der Waals surface area contributed by atoms with Crippen molar-refractivity contribution < 1.29 is 4.79 Å². The van der Waals surface area contributed by atoms with Gasteiger partial charge in [0.05, 0.1) is 0 Å². The van der Waals surface area contributed by atoms with Crippen LogP contribution in [-0.4, -0.2) is 33.4 Å². The Balaban J connectivity index is 3.86. The van der Waals surface area contributed by atoms with Gasteiger partial charge in [0.2, 0.25) is 0 Å². The van der Waals surface area contributed by atoms with Gasteiger partial charge >= 0.3 is 74.3 Å². The SMILES string of the molecule is C[CH2][Ga]([CH2]C)[N](C)/C=C\C=O. The van der Waals surface area contributed by atoms with Crippen LogP contribution in [0.5, 0.6) is 0 Å². The van der Waals surface area contributed by atoms with Crippen LogP contribution in [0.1, 0.15) is 13.8 Å². The Hall–Kier alpha value is -0.154. The Kier molecular flexibility index (Phi) is 6.46. The molecule has 0 aliphatic heterocycles. The van der Waals surface area contributed by atoms with Crippen LogP contribution in [0.2, 0.25) is 9.95 Å². The third-order valence-corrected chi connectivity index (χ3v) is 8.65. The van der Waals surface area contributed by atoms with E-state index in [9.17, 15) is 4.79 Å². The van der Waals surface area contributed by atoms with Crippen LogP contribution in [0.15, 0.2) is 12.3 Å². The molecule has 0 unspecified atom stereocenters. The predicted octanol–water partition coefficient (Wildman–Crippen LogP) is 1.66. The van der Waals surface area contributed by atoms with Crippen LogP contribution in [0, 0.1) is 0 Å². The van der Waals surface area contributed by atoms with Gasteiger partial charge in [0, 0.05) is 0 Å². The fourth-order valence-electron chi connectivity index (χ4n) is 1.16. The van der Waals surface area contributed by atoms with Crippen molar-refractivity contribution >= 4 is 22.7 Å². The number of hydrogen-bond donors (Lipinski definition) is 0. The molecule has 0 amide bonds. The number of rotatable bonds is 5. The Morgan fingerprint density at radius 2 is 1.91 bits per heavy atom. The molecule has 3 heteroatoms. The van der Waals surface area contributed by atoms with E-state index >= 15 is 0 Å². The molecule has 0 aromatic carbocycles. The number of nitrogens with zero attached hydrogens (tertiary/aromatic N) is 1. The van der Waals surface area contributed by atoms with Gasteiger partial charge in [0.15, 0.2) is 0 Å². The maximum atomic E-state index is 10.0. The summed E-state index contributed by atoms with van der Waals surface area (Å²) < 4.78 is 2.27. The van der Waals surface area contributed by atoms with E-state index in [4.69, 9.17) is 0 Å². The molecule has 0 aromatic rings. The van der Waals surface area contributed by atoms with Gasteiger partial charge in [-0.25, -0.2) is 0 Å². The molecule has 2 nitrogen and oxygen atoms in total. The Morgan fingerprint density at radius 3 is 2.27 bits per heavy atom. The van der Waals surface area contributed by atoms with Gasteiger partial charge in [-0.1, -0.05) is 0 Å². The van der Waals surface area contributed by atoms with E-state index in [0.29, 0.717) is 0 Å². The van der Waals surface area contributed by atoms with E-state index in [2.05, 4.69) is 24.5 Å². The zero-order valence-corrected chi connectivity index (χ0v) is 10.0. The van der Waals surface area contributed by atoms with E-state index < -0.39 is 16.5 Å². The third-order valence-electron chi connectivity index (χ3n) is 1.92. The second-order valence-electron chi connectivity index (χ2n) is 2.61. The monoisotopic (exact) mass is 211 g/mol.